The van der Waals surface area contributed by atoms with E-state index in [4.69, 9.17) is 0 Å². The molecule has 0 rings (SSSR count). The third kappa shape index (κ3) is 8.19. The molecule has 0 aromatic rings. The van der Waals surface area contributed by atoms with Gasteiger partial charge >= 0.3 is 60.6 Å². The van der Waals surface area contributed by atoms with Crippen molar-refractivity contribution < 1.29 is 0 Å². The predicted octanol–water partition coefficient (Wildman–Crippen LogP) is -2.52. The van der Waals surface area contributed by atoms with E-state index < -0.39 is 0 Å². The summed E-state index contributed by atoms with van der Waals surface area (Å²) in [6, 6.07) is 0. The molecule has 0 nitrogen and oxygen atoms in total. The van der Waals surface area contributed by atoms with Gasteiger partial charge in [-0.05, 0) is 0 Å². The van der Waals surface area contributed by atoms with Crippen molar-refractivity contribution >= 4 is 48.0 Å². The van der Waals surface area contributed by atoms with Crippen LogP contribution in [0.15, 0.2) is 12.6 Å². The van der Waals surface area contributed by atoms with Gasteiger partial charge in [-0.25, -0.2) is 0 Å². The van der Waals surface area contributed by atoms with Crippen LogP contribution in [-0.4, -0.2) is 48.0 Å². The minimum absolute atomic E-state index is 1.75. The minimum atomic E-state index is 1.75. The second-order valence-electron chi connectivity index (χ2n) is 1.53. The molecule has 34 valence electrons. The van der Waals surface area contributed by atoms with Crippen molar-refractivity contribution in [3.8, 4) is 0 Å². The molecule has 0 aliphatic carbocycles. The molecule has 0 aliphatic heterocycles. The van der Waals surface area contributed by atoms with Crippen LogP contribution in [0.2, 0.25) is 0 Å². The first kappa shape index (κ1) is 9.19. The van der Waals surface area contributed by atoms with Crippen molar-refractivity contribution in [2.75, 3.05) is 0 Å². The Balaban J connectivity index is 3.46. The molecule has 0 N–H and O–H groups in total. The van der Waals surface area contributed by atoms with E-state index in [1.807, 2.05) is 48.0 Å². The van der Waals surface area contributed by atoms with Gasteiger partial charge in [0.05, 0.1) is 0 Å². The number of rotatable bonds is 3. The first-order valence-corrected chi connectivity index (χ1v) is 2.99. The van der Waals surface area contributed by atoms with Crippen molar-refractivity contribution in [2.24, 2.45) is 0 Å². The quantitative estimate of drug-likeness (QED) is 0.347. The molecule has 0 aliphatic rings. The van der Waals surface area contributed by atoms with Gasteiger partial charge in [0.25, 0.3) is 0 Å². The molecule has 0 fully saturated rings. The fraction of sp³-hybridized carbons (Fsp3) is 0. The summed E-state index contributed by atoms with van der Waals surface area (Å²) in [4.78, 5) is 0. The van der Waals surface area contributed by atoms with Crippen LogP contribution in [0.4, 0.5) is 0 Å². The van der Waals surface area contributed by atoms with E-state index in [9.17, 15) is 0 Å². The fourth-order valence-electron chi connectivity index (χ4n) is 0.382. The standard InChI is InChI=1S/C2H5B7/c1-2-4-6-8-9-7-5-3/h2H,1,3H2. The summed E-state index contributed by atoms with van der Waals surface area (Å²) < 4.78 is 0. The molecular formula is C2H5B7. The van der Waals surface area contributed by atoms with E-state index in [0.29, 0.717) is 0 Å². The molecule has 0 heterocycles. The van der Waals surface area contributed by atoms with E-state index in [0.717, 1.165) is 0 Å². The first-order valence-electron chi connectivity index (χ1n) is 2.99. The van der Waals surface area contributed by atoms with Crippen molar-refractivity contribution in [3.63, 3.8) is 0 Å². The van der Waals surface area contributed by atoms with Crippen LogP contribution in [0.1, 0.15) is 0 Å². The van der Waals surface area contributed by atoms with Crippen LogP contribution in [0.25, 0.3) is 0 Å². The normalized spacial score (nSPS) is 6.67. The first-order chi connectivity index (χ1) is 4.41. The Morgan fingerprint density at radius 3 is 2.33 bits per heavy atom. The van der Waals surface area contributed by atoms with Crippen LogP contribution >= 0.6 is 0 Å². The Labute approximate surface area is 61.2 Å². The van der Waals surface area contributed by atoms with Gasteiger partial charge in [0.2, 0.25) is 0 Å². The molecule has 0 aromatic carbocycles. The number of hydrogen-bond donors (Lipinski definition) is 0. The summed E-state index contributed by atoms with van der Waals surface area (Å²) in [5, 5.41) is 0. The molecule has 0 unspecified atom stereocenters. The molecule has 0 bridgehead atoms. The molecule has 0 amide bonds. The third-order valence-corrected chi connectivity index (χ3v) is 0.773. The van der Waals surface area contributed by atoms with Gasteiger partial charge in [-0.15, -0.1) is 0 Å². The number of hydrogen-bond acceptors (Lipinski definition) is 0. The molecule has 0 spiro atoms. The Morgan fingerprint density at radius 1 is 1.11 bits per heavy atom. The van der Waals surface area contributed by atoms with Crippen molar-refractivity contribution in [1.82, 2.24) is 0 Å². The Bertz CT molecular complexity index is 143. The van der Waals surface area contributed by atoms with Gasteiger partial charge < -0.3 is 0 Å². The zero-order chi connectivity index (χ0) is 6.95. The summed E-state index contributed by atoms with van der Waals surface area (Å²) in [5.74, 6) is 1.75. The Hall–Kier alpha value is 0.195. The summed E-state index contributed by atoms with van der Waals surface area (Å²) in [6.07, 6.45) is 0. The SMILES string of the molecule is BB=BB=BB=BC=C. The van der Waals surface area contributed by atoms with E-state index >= 15 is 0 Å². The predicted molar refractivity (Wildman–Crippen MR) is 53.3 cm³/mol. The van der Waals surface area contributed by atoms with E-state index in [-0.39, 0.29) is 0 Å². The van der Waals surface area contributed by atoms with Gasteiger partial charge in [-0.2, -0.15) is 0 Å². The Kier molecular flexibility index (Phi) is 8.37. The fourth-order valence-corrected chi connectivity index (χ4v) is 0.382. The van der Waals surface area contributed by atoms with Crippen molar-refractivity contribution in [1.29, 1.82) is 0 Å². The maximum atomic E-state index is 3.54. The van der Waals surface area contributed by atoms with Gasteiger partial charge in [-0.3, -0.25) is 0 Å². The molecular weight excluding hydrogens is 99.7 g/mol. The van der Waals surface area contributed by atoms with Crippen molar-refractivity contribution in [2.45, 2.75) is 0 Å². The van der Waals surface area contributed by atoms with Crippen LogP contribution in [0, 0.1) is 0 Å². The Morgan fingerprint density at radius 2 is 1.78 bits per heavy atom. The second-order valence-corrected chi connectivity index (χ2v) is 1.53. The van der Waals surface area contributed by atoms with Crippen LogP contribution in [-0.2, 0) is 0 Å². The zero-order valence-electron chi connectivity index (χ0n) is 5.75. The van der Waals surface area contributed by atoms with Gasteiger partial charge in [0, 0.05) is 0 Å². The molecule has 0 atom stereocenters. The summed E-state index contributed by atoms with van der Waals surface area (Å²) in [6.45, 7) is 15.3. The van der Waals surface area contributed by atoms with Crippen LogP contribution in [0.5, 0.6) is 0 Å². The monoisotopic (exact) mass is 106 g/mol. The van der Waals surface area contributed by atoms with Crippen LogP contribution in [0.3, 0.4) is 0 Å². The molecule has 0 radical (unpaired) electrons. The second kappa shape index (κ2) is 8.19. The molecule has 0 saturated heterocycles. The van der Waals surface area contributed by atoms with Gasteiger partial charge in [-0.1, -0.05) is 0 Å². The molecule has 0 aromatic heterocycles. The van der Waals surface area contributed by atoms with Gasteiger partial charge in [0.15, 0.2) is 0 Å². The van der Waals surface area contributed by atoms with E-state index in [1.54, 1.807) is 5.98 Å². The van der Waals surface area contributed by atoms with Gasteiger partial charge in [0.1, 0.15) is 0 Å². The van der Waals surface area contributed by atoms with Crippen molar-refractivity contribution in [3.05, 3.63) is 12.6 Å². The van der Waals surface area contributed by atoms with E-state index in [1.165, 1.54) is 0 Å². The topological polar surface area (TPSA) is 0 Å². The summed E-state index contributed by atoms with van der Waals surface area (Å²) in [7, 11) is 1.99. The molecule has 7 heteroatoms. The average Bonchev–Trinajstić information content (AvgIpc) is 1.89. The molecule has 9 heavy (non-hydrogen) atoms. The summed E-state index contributed by atoms with van der Waals surface area (Å²) >= 11 is 0. The van der Waals surface area contributed by atoms with Crippen LogP contribution < -0.4 is 0 Å². The average molecular weight is 105 g/mol. The summed E-state index contributed by atoms with van der Waals surface area (Å²) in [5.41, 5.74) is 0. The van der Waals surface area contributed by atoms with E-state index in [2.05, 4.69) is 6.58 Å². The zero-order valence-corrected chi connectivity index (χ0v) is 5.75. The maximum absolute atomic E-state index is 3.54. The molecule has 0 saturated carbocycles. The third-order valence-electron chi connectivity index (χ3n) is 0.773.